The van der Waals surface area contributed by atoms with Crippen LogP contribution in [0.1, 0.15) is 35.4 Å². The van der Waals surface area contributed by atoms with Crippen LogP contribution in [-0.4, -0.2) is 13.7 Å². The monoisotopic (exact) mass is 259 g/mol. The van der Waals surface area contributed by atoms with Crippen LogP contribution in [-0.2, 0) is 0 Å². The number of benzene rings is 1. The quantitative estimate of drug-likeness (QED) is 0.890. The van der Waals surface area contributed by atoms with Crippen molar-refractivity contribution in [2.24, 2.45) is 0 Å². The van der Waals surface area contributed by atoms with E-state index < -0.39 is 0 Å². The fourth-order valence-electron chi connectivity index (χ4n) is 2.38. The van der Waals surface area contributed by atoms with Gasteiger partial charge in [-0.1, -0.05) is 13.0 Å². The molecule has 0 saturated carbocycles. The highest BCUT2D eigenvalue weighted by atomic mass is 16.5. The standard InChI is InChI=1S/C16H21NO2/c1-5-17-16(15-8-9-19-12(15)3)14-7-6-13(18-4)10-11(14)2/h6-10,16-17H,5H2,1-4H3. The smallest absolute Gasteiger partial charge is 0.119 e. The Labute approximate surface area is 114 Å². The lowest BCUT2D eigenvalue weighted by atomic mass is 9.95. The lowest BCUT2D eigenvalue weighted by Crippen LogP contribution is -2.23. The summed E-state index contributed by atoms with van der Waals surface area (Å²) in [5, 5.41) is 3.52. The van der Waals surface area contributed by atoms with E-state index in [2.05, 4.69) is 31.3 Å². The molecule has 0 aliphatic carbocycles. The fraction of sp³-hybridized carbons (Fsp3) is 0.375. The lowest BCUT2D eigenvalue weighted by Gasteiger charge is -2.20. The highest BCUT2D eigenvalue weighted by Gasteiger charge is 2.19. The number of rotatable bonds is 5. The molecule has 0 spiro atoms. The van der Waals surface area contributed by atoms with Gasteiger partial charge in [-0.05, 0) is 49.7 Å². The summed E-state index contributed by atoms with van der Waals surface area (Å²) in [5.74, 6) is 1.85. The summed E-state index contributed by atoms with van der Waals surface area (Å²) in [6.45, 7) is 7.12. The van der Waals surface area contributed by atoms with Gasteiger partial charge in [-0.25, -0.2) is 0 Å². The molecular weight excluding hydrogens is 238 g/mol. The third kappa shape index (κ3) is 2.82. The maximum absolute atomic E-state index is 5.43. The van der Waals surface area contributed by atoms with Gasteiger partial charge in [0.15, 0.2) is 0 Å². The Kier molecular flexibility index (Phi) is 4.27. The number of hydrogen-bond donors (Lipinski definition) is 1. The van der Waals surface area contributed by atoms with E-state index in [1.807, 2.05) is 19.1 Å². The van der Waals surface area contributed by atoms with Crippen LogP contribution in [0.15, 0.2) is 34.9 Å². The first kappa shape index (κ1) is 13.7. The lowest BCUT2D eigenvalue weighted by molar-refractivity contribution is 0.414. The Balaban J connectivity index is 2.42. The summed E-state index contributed by atoms with van der Waals surface area (Å²) >= 11 is 0. The molecule has 19 heavy (non-hydrogen) atoms. The van der Waals surface area contributed by atoms with Crippen molar-refractivity contribution in [2.45, 2.75) is 26.8 Å². The summed E-state index contributed by atoms with van der Waals surface area (Å²) < 4.78 is 10.7. The third-order valence-electron chi connectivity index (χ3n) is 3.41. The van der Waals surface area contributed by atoms with Gasteiger partial charge in [-0.15, -0.1) is 0 Å². The van der Waals surface area contributed by atoms with Gasteiger partial charge in [-0.2, -0.15) is 0 Å². The minimum absolute atomic E-state index is 0.162. The fourth-order valence-corrected chi connectivity index (χ4v) is 2.38. The Morgan fingerprint density at radius 1 is 1.21 bits per heavy atom. The molecule has 1 heterocycles. The molecule has 1 aromatic carbocycles. The highest BCUT2D eigenvalue weighted by Crippen LogP contribution is 2.29. The molecule has 3 heteroatoms. The molecule has 0 aliphatic rings. The van der Waals surface area contributed by atoms with Crippen molar-refractivity contribution in [2.75, 3.05) is 13.7 Å². The highest BCUT2D eigenvalue weighted by molar-refractivity contribution is 5.41. The van der Waals surface area contributed by atoms with Crippen LogP contribution in [0, 0.1) is 13.8 Å². The molecule has 0 bridgehead atoms. The Hall–Kier alpha value is -1.74. The molecule has 1 atom stereocenters. The summed E-state index contributed by atoms with van der Waals surface area (Å²) in [5.41, 5.74) is 3.66. The molecule has 0 amide bonds. The molecule has 0 aliphatic heterocycles. The molecule has 1 aromatic heterocycles. The molecule has 0 radical (unpaired) electrons. The zero-order chi connectivity index (χ0) is 13.8. The van der Waals surface area contributed by atoms with Crippen molar-refractivity contribution in [1.82, 2.24) is 5.32 Å². The van der Waals surface area contributed by atoms with Crippen LogP contribution in [0.5, 0.6) is 5.75 Å². The second-order valence-electron chi connectivity index (χ2n) is 4.65. The van der Waals surface area contributed by atoms with Gasteiger partial charge in [0.25, 0.3) is 0 Å². The minimum atomic E-state index is 0.162. The number of nitrogens with one attached hydrogen (secondary N) is 1. The molecule has 0 saturated heterocycles. The number of ether oxygens (including phenoxy) is 1. The zero-order valence-corrected chi connectivity index (χ0v) is 12.0. The van der Waals surface area contributed by atoms with Crippen LogP contribution >= 0.6 is 0 Å². The number of furan rings is 1. The molecule has 3 nitrogen and oxygen atoms in total. The van der Waals surface area contributed by atoms with E-state index in [1.54, 1.807) is 13.4 Å². The van der Waals surface area contributed by atoms with Gasteiger partial charge < -0.3 is 14.5 Å². The van der Waals surface area contributed by atoms with Crippen molar-refractivity contribution in [1.29, 1.82) is 0 Å². The first-order valence-corrected chi connectivity index (χ1v) is 6.59. The number of aryl methyl sites for hydroxylation is 2. The van der Waals surface area contributed by atoms with Gasteiger partial charge >= 0.3 is 0 Å². The van der Waals surface area contributed by atoms with Gasteiger partial charge in [0, 0.05) is 5.56 Å². The first-order valence-electron chi connectivity index (χ1n) is 6.59. The minimum Gasteiger partial charge on any atom is -0.497 e. The summed E-state index contributed by atoms with van der Waals surface area (Å²) in [6, 6.07) is 8.38. The largest absolute Gasteiger partial charge is 0.497 e. The molecule has 2 rings (SSSR count). The summed E-state index contributed by atoms with van der Waals surface area (Å²) in [7, 11) is 1.69. The average Bonchev–Trinajstić information content (AvgIpc) is 2.82. The normalized spacial score (nSPS) is 12.4. The Bertz CT molecular complexity index is 545. The van der Waals surface area contributed by atoms with Crippen LogP contribution < -0.4 is 10.1 Å². The third-order valence-corrected chi connectivity index (χ3v) is 3.41. The van der Waals surface area contributed by atoms with Crippen molar-refractivity contribution in [3.05, 3.63) is 53.0 Å². The van der Waals surface area contributed by atoms with Crippen LogP contribution in [0.4, 0.5) is 0 Å². The summed E-state index contributed by atoms with van der Waals surface area (Å²) in [6.07, 6.45) is 1.74. The second kappa shape index (κ2) is 5.93. The van der Waals surface area contributed by atoms with Gasteiger partial charge in [0.1, 0.15) is 11.5 Å². The maximum atomic E-state index is 5.43. The van der Waals surface area contributed by atoms with Crippen LogP contribution in [0.3, 0.4) is 0 Å². The van der Waals surface area contributed by atoms with Crippen LogP contribution in [0.25, 0.3) is 0 Å². The molecule has 1 N–H and O–H groups in total. The van der Waals surface area contributed by atoms with Crippen molar-refractivity contribution in [3.63, 3.8) is 0 Å². The first-order chi connectivity index (χ1) is 9.17. The molecule has 1 unspecified atom stereocenters. The van der Waals surface area contributed by atoms with Gasteiger partial charge in [-0.3, -0.25) is 0 Å². The van der Waals surface area contributed by atoms with E-state index in [1.165, 1.54) is 16.7 Å². The van der Waals surface area contributed by atoms with E-state index in [0.717, 1.165) is 18.1 Å². The molecular formula is C16H21NO2. The predicted octanol–water partition coefficient (Wildman–Crippen LogP) is 3.60. The molecule has 2 aromatic rings. The number of hydrogen-bond acceptors (Lipinski definition) is 3. The van der Waals surface area contributed by atoms with E-state index >= 15 is 0 Å². The van der Waals surface area contributed by atoms with Gasteiger partial charge in [0.05, 0.1) is 19.4 Å². The predicted molar refractivity (Wildman–Crippen MR) is 76.7 cm³/mol. The number of methoxy groups -OCH3 is 1. The van der Waals surface area contributed by atoms with Crippen molar-refractivity contribution >= 4 is 0 Å². The van der Waals surface area contributed by atoms with Crippen LogP contribution in [0.2, 0.25) is 0 Å². The van der Waals surface area contributed by atoms with Crippen molar-refractivity contribution < 1.29 is 9.15 Å². The SMILES string of the molecule is CCNC(c1ccc(OC)cc1C)c1ccoc1C. The zero-order valence-electron chi connectivity index (χ0n) is 12.0. The van der Waals surface area contributed by atoms with E-state index in [-0.39, 0.29) is 6.04 Å². The van der Waals surface area contributed by atoms with Gasteiger partial charge in [0.2, 0.25) is 0 Å². The molecule has 0 fully saturated rings. The maximum Gasteiger partial charge on any atom is 0.119 e. The van der Waals surface area contributed by atoms with E-state index in [9.17, 15) is 0 Å². The Morgan fingerprint density at radius 3 is 2.53 bits per heavy atom. The average molecular weight is 259 g/mol. The topological polar surface area (TPSA) is 34.4 Å². The Morgan fingerprint density at radius 2 is 2.00 bits per heavy atom. The van der Waals surface area contributed by atoms with E-state index in [4.69, 9.17) is 9.15 Å². The van der Waals surface area contributed by atoms with E-state index in [0.29, 0.717) is 0 Å². The van der Waals surface area contributed by atoms with Crippen molar-refractivity contribution in [3.8, 4) is 5.75 Å². The second-order valence-corrected chi connectivity index (χ2v) is 4.65. The molecule has 102 valence electrons. The summed E-state index contributed by atoms with van der Waals surface area (Å²) in [4.78, 5) is 0.